The third kappa shape index (κ3) is 6.24. The number of nitrogens with one attached hydrogen (secondary N) is 1. The van der Waals surface area contributed by atoms with Gasteiger partial charge < -0.3 is 24.4 Å². The van der Waals surface area contributed by atoms with E-state index in [1.807, 2.05) is 14.1 Å². The zero-order valence-electron chi connectivity index (χ0n) is 14.3. The van der Waals surface area contributed by atoms with Crippen molar-refractivity contribution in [1.29, 1.82) is 0 Å². The molecule has 0 saturated carbocycles. The van der Waals surface area contributed by atoms with Crippen molar-refractivity contribution in [3.63, 3.8) is 0 Å². The van der Waals surface area contributed by atoms with Gasteiger partial charge in [-0.15, -0.1) is 24.0 Å². The summed E-state index contributed by atoms with van der Waals surface area (Å²) in [6.07, 6.45) is 2.28. The Morgan fingerprint density at radius 1 is 1.52 bits per heavy atom. The van der Waals surface area contributed by atoms with E-state index in [1.54, 1.807) is 0 Å². The number of likely N-dealkylation sites (N-methyl/N-ethyl adjacent to an activating group) is 1. The lowest BCUT2D eigenvalue weighted by Crippen LogP contribution is -2.48. The Hall–Kier alpha value is -0.320. The highest BCUT2D eigenvalue weighted by Crippen LogP contribution is 2.15. The Bertz CT molecular complexity index is 522. The summed E-state index contributed by atoms with van der Waals surface area (Å²) >= 11 is 3.51. The largest absolute Gasteiger partial charge is 0.374 e. The Morgan fingerprint density at radius 2 is 2.26 bits per heavy atom. The van der Waals surface area contributed by atoms with E-state index in [0.717, 1.165) is 43.2 Å². The molecule has 0 amide bonds. The lowest BCUT2D eigenvalue weighted by atomic mass is 10.3. The van der Waals surface area contributed by atoms with Crippen LogP contribution in [-0.2, 0) is 18.3 Å². The number of morpholine rings is 1. The summed E-state index contributed by atoms with van der Waals surface area (Å²) in [4.78, 5) is 8.78. The standard InChI is InChI=1S/C15H26BrN5O.HI/c1-17-15(18-8-14-11-19(2)5-6-22-14)21(4)10-13-7-12(16)9-20(13)3;/h7,9,14H,5-6,8,10-11H2,1-4H3,(H,17,18);1H. The number of hydrogen-bond donors (Lipinski definition) is 1. The van der Waals surface area contributed by atoms with Gasteiger partial charge in [0.05, 0.1) is 19.3 Å². The Labute approximate surface area is 164 Å². The molecule has 8 heteroatoms. The predicted molar refractivity (Wildman–Crippen MR) is 109 cm³/mol. The van der Waals surface area contributed by atoms with Crippen LogP contribution in [0.25, 0.3) is 0 Å². The van der Waals surface area contributed by atoms with E-state index in [2.05, 4.69) is 67.0 Å². The first-order chi connectivity index (χ1) is 10.5. The molecule has 1 aromatic rings. The first-order valence-electron chi connectivity index (χ1n) is 7.52. The molecule has 2 heterocycles. The van der Waals surface area contributed by atoms with Gasteiger partial charge >= 0.3 is 0 Å². The van der Waals surface area contributed by atoms with Gasteiger partial charge in [-0.25, -0.2) is 0 Å². The smallest absolute Gasteiger partial charge is 0.193 e. The van der Waals surface area contributed by atoms with E-state index in [1.165, 1.54) is 5.69 Å². The van der Waals surface area contributed by atoms with Crippen LogP contribution in [0.1, 0.15) is 5.69 Å². The molecule has 1 saturated heterocycles. The van der Waals surface area contributed by atoms with Gasteiger partial charge in [-0.05, 0) is 29.0 Å². The molecule has 0 spiro atoms. The van der Waals surface area contributed by atoms with E-state index >= 15 is 0 Å². The fraction of sp³-hybridized carbons (Fsp3) is 0.667. The van der Waals surface area contributed by atoms with Gasteiger partial charge in [-0.1, -0.05) is 0 Å². The van der Waals surface area contributed by atoms with Crippen molar-refractivity contribution in [3.8, 4) is 0 Å². The molecule has 1 aliphatic heterocycles. The fourth-order valence-corrected chi connectivity index (χ4v) is 3.19. The first kappa shape index (κ1) is 20.7. The molecule has 1 aliphatic rings. The maximum atomic E-state index is 5.78. The van der Waals surface area contributed by atoms with Gasteiger partial charge in [0.25, 0.3) is 0 Å². The molecule has 0 radical (unpaired) electrons. The van der Waals surface area contributed by atoms with Gasteiger partial charge in [0.15, 0.2) is 5.96 Å². The maximum absolute atomic E-state index is 5.78. The predicted octanol–water partition coefficient (Wildman–Crippen LogP) is 1.74. The van der Waals surface area contributed by atoms with Crippen LogP contribution in [-0.4, -0.2) is 73.8 Å². The second-order valence-electron chi connectivity index (χ2n) is 5.80. The van der Waals surface area contributed by atoms with Crippen LogP contribution < -0.4 is 5.32 Å². The minimum atomic E-state index is 0. The average Bonchev–Trinajstić information content (AvgIpc) is 2.77. The summed E-state index contributed by atoms with van der Waals surface area (Å²) in [7, 11) is 8.04. The Balaban J connectivity index is 0.00000264. The minimum Gasteiger partial charge on any atom is -0.374 e. The normalized spacial score (nSPS) is 19.3. The minimum absolute atomic E-state index is 0. The molecule has 1 aromatic heterocycles. The van der Waals surface area contributed by atoms with Gasteiger partial charge in [-0.3, -0.25) is 4.99 Å². The van der Waals surface area contributed by atoms with Crippen LogP contribution >= 0.6 is 39.9 Å². The topological polar surface area (TPSA) is 45.0 Å². The van der Waals surface area contributed by atoms with Crippen molar-refractivity contribution < 1.29 is 4.74 Å². The molecule has 0 aromatic carbocycles. The van der Waals surface area contributed by atoms with Crippen molar-refractivity contribution in [2.45, 2.75) is 12.6 Å². The number of rotatable bonds is 4. The third-order valence-electron chi connectivity index (χ3n) is 3.88. The van der Waals surface area contributed by atoms with Gasteiger partial charge in [0.2, 0.25) is 0 Å². The summed E-state index contributed by atoms with van der Waals surface area (Å²) in [5, 5.41) is 3.41. The molecule has 1 atom stereocenters. The molecule has 2 rings (SSSR count). The molecule has 1 N–H and O–H groups in total. The maximum Gasteiger partial charge on any atom is 0.193 e. The van der Waals surface area contributed by atoms with Gasteiger partial charge in [0.1, 0.15) is 0 Å². The van der Waals surface area contributed by atoms with Crippen LogP contribution in [0.2, 0.25) is 0 Å². The monoisotopic (exact) mass is 499 g/mol. The summed E-state index contributed by atoms with van der Waals surface area (Å²) in [5.41, 5.74) is 1.23. The molecule has 0 aliphatic carbocycles. The Morgan fingerprint density at radius 3 is 2.83 bits per heavy atom. The molecule has 6 nitrogen and oxygen atoms in total. The second kappa shape index (κ2) is 9.85. The molecule has 23 heavy (non-hydrogen) atoms. The van der Waals surface area contributed by atoms with Crippen LogP contribution in [0.5, 0.6) is 0 Å². The third-order valence-corrected chi connectivity index (χ3v) is 4.31. The second-order valence-corrected chi connectivity index (χ2v) is 6.72. The molecular formula is C15H27BrIN5O. The highest BCUT2D eigenvalue weighted by atomic mass is 127. The highest BCUT2D eigenvalue weighted by molar-refractivity contribution is 14.0. The molecule has 0 bridgehead atoms. The quantitative estimate of drug-likeness (QED) is 0.389. The van der Waals surface area contributed by atoms with Gasteiger partial charge in [0, 0.05) is 57.1 Å². The zero-order chi connectivity index (χ0) is 16.1. The molecule has 132 valence electrons. The summed E-state index contributed by atoms with van der Waals surface area (Å²) in [5.74, 6) is 0.883. The Kier molecular flexibility index (Phi) is 8.88. The van der Waals surface area contributed by atoms with E-state index in [9.17, 15) is 0 Å². The molecule has 1 fully saturated rings. The summed E-state index contributed by atoms with van der Waals surface area (Å²) in [6.45, 7) is 4.34. The van der Waals surface area contributed by atoms with E-state index in [0.29, 0.717) is 0 Å². The number of guanidine groups is 1. The van der Waals surface area contributed by atoms with Crippen molar-refractivity contribution in [2.24, 2.45) is 12.0 Å². The highest BCUT2D eigenvalue weighted by Gasteiger charge is 2.18. The fourth-order valence-electron chi connectivity index (χ4n) is 2.62. The number of ether oxygens (including phenoxy) is 1. The lowest BCUT2D eigenvalue weighted by molar-refractivity contribution is -0.0163. The SMILES string of the molecule is CN=C(NCC1CN(C)CCO1)N(C)Cc1cc(Br)cn1C.I. The average molecular weight is 500 g/mol. The van der Waals surface area contributed by atoms with E-state index in [4.69, 9.17) is 4.74 Å². The summed E-state index contributed by atoms with van der Waals surface area (Å²) in [6, 6.07) is 2.13. The lowest BCUT2D eigenvalue weighted by Gasteiger charge is -2.31. The van der Waals surface area contributed by atoms with Crippen LogP contribution in [0.15, 0.2) is 21.7 Å². The number of hydrogen-bond acceptors (Lipinski definition) is 3. The molecule has 1 unspecified atom stereocenters. The van der Waals surface area contributed by atoms with E-state index in [-0.39, 0.29) is 30.1 Å². The van der Waals surface area contributed by atoms with Crippen molar-refractivity contribution >= 4 is 45.9 Å². The number of nitrogens with zero attached hydrogens (tertiary/aromatic N) is 4. The van der Waals surface area contributed by atoms with Gasteiger partial charge in [-0.2, -0.15) is 0 Å². The van der Waals surface area contributed by atoms with Crippen molar-refractivity contribution in [3.05, 3.63) is 22.4 Å². The van der Waals surface area contributed by atoms with E-state index < -0.39 is 0 Å². The van der Waals surface area contributed by atoms with Crippen LogP contribution in [0, 0.1) is 0 Å². The van der Waals surface area contributed by atoms with Crippen molar-refractivity contribution in [2.75, 3.05) is 47.4 Å². The zero-order valence-corrected chi connectivity index (χ0v) is 18.2. The summed E-state index contributed by atoms with van der Waals surface area (Å²) < 4.78 is 8.99. The van der Waals surface area contributed by atoms with Crippen LogP contribution in [0.3, 0.4) is 0 Å². The first-order valence-corrected chi connectivity index (χ1v) is 8.31. The van der Waals surface area contributed by atoms with Crippen LogP contribution in [0.4, 0.5) is 0 Å². The van der Waals surface area contributed by atoms with Crippen molar-refractivity contribution in [1.82, 2.24) is 19.7 Å². The number of aryl methyl sites for hydroxylation is 1. The number of halogens is 2. The number of aromatic nitrogens is 1. The molecular weight excluding hydrogens is 473 g/mol. The number of aliphatic imine (C=N–C) groups is 1.